The number of benzene rings is 1. The first-order chi connectivity index (χ1) is 13.8. The molecule has 1 saturated heterocycles. The van der Waals surface area contributed by atoms with E-state index in [-0.39, 0.29) is 12.3 Å². The first kappa shape index (κ1) is 18.1. The van der Waals surface area contributed by atoms with Crippen LogP contribution in [-0.2, 0) is 17.8 Å². The van der Waals surface area contributed by atoms with E-state index in [1.165, 1.54) is 18.5 Å². The van der Waals surface area contributed by atoms with E-state index in [4.69, 9.17) is 4.52 Å². The van der Waals surface area contributed by atoms with Gasteiger partial charge in [0.2, 0.25) is 23.4 Å². The summed E-state index contributed by atoms with van der Waals surface area (Å²) in [5, 5.41) is 6.78. The Kier molecular flexibility index (Phi) is 5.56. The van der Waals surface area contributed by atoms with Crippen LogP contribution in [0.2, 0.25) is 0 Å². The van der Waals surface area contributed by atoms with Crippen LogP contribution in [0.25, 0.3) is 11.6 Å². The first-order valence-corrected chi connectivity index (χ1v) is 9.48. The Morgan fingerprint density at radius 2 is 1.82 bits per heavy atom. The molecule has 3 heterocycles. The van der Waals surface area contributed by atoms with E-state index in [0.29, 0.717) is 30.5 Å². The van der Waals surface area contributed by atoms with Crippen molar-refractivity contribution in [1.82, 2.24) is 25.4 Å². The molecule has 1 aliphatic rings. The zero-order valence-corrected chi connectivity index (χ0v) is 15.5. The molecule has 1 aromatic carbocycles. The Balaban J connectivity index is 1.23. The van der Waals surface area contributed by atoms with Crippen LogP contribution in [0.3, 0.4) is 0 Å². The highest BCUT2D eigenvalue weighted by molar-refractivity contribution is 5.76. The molecule has 0 spiro atoms. The highest BCUT2D eigenvalue weighted by atomic mass is 16.5. The van der Waals surface area contributed by atoms with Gasteiger partial charge in [-0.15, -0.1) is 0 Å². The molecule has 0 unspecified atom stereocenters. The summed E-state index contributed by atoms with van der Waals surface area (Å²) < 4.78 is 5.17. The molecule has 144 valence electrons. The molecule has 2 aromatic heterocycles. The predicted molar refractivity (Wildman–Crippen MR) is 103 cm³/mol. The van der Waals surface area contributed by atoms with Crippen molar-refractivity contribution in [3.05, 3.63) is 54.2 Å². The smallest absolute Gasteiger partial charge is 0.240 e. The van der Waals surface area contributed by atoms with Crippen molar-refractivity contribution < 1.29 is 9.32 Å². The number of carbonyl (C=O) groups is 1. The number of nitrogens with zero attached hydrogens (tertiary/aromatic N) is 5. The van der Waals surface area contributed by atoms with Gasteiger partial charge in [0.15, 0.2) is 0 Å². The van der Waals surface area contributed by atoms with Crippen molar-refractivity contribution in [2.45, 2.75) is 32.2 Å². The van der Waals surface area contributed by atoms with Crippen LogP contribution in [0.5, 0.6) is 0 Å². The number of hydrogen-bond acceptors (Lipinski definition) is 7. The topological polar surface area (TPSA) is 97.0 Å². The van der Waals surface area contributed by atoms with Gasteiger partial charge in [0, 0.05) is 50.6 Å². The van der Waals surface area contributed by atoms with Gasteiger partial charge in [-0.2, -0.15) is 4.98 Å². The summed E-state index contributed by atoms with van der Waals surface area (Å²) in [4.78, 5) is 26.9. The average molecular weight is 378 g/mol. The number of anilines is 1. The molecule has 0 radical (unpaired) electrons. The van der Waals surface area contributed by atoms with Crippen LogP contribution < -0.4 is 10.2 Å². The fraction of sp³-hybridized carbons (Fsp3) is 0.350. The number of carbonyl (C=O) groups excluding carboxylic acids is 1. The van der Waals surface area contributed by atoms with Gasteiger partial charge in [-0.05, 0) is 36.6 Å². The minimum Gasteiger partial charge on any atom is -0.372 e. The fourth-order valence-corrected chi connectivity index (χ4v) is 3.17. The molecule has 28 heavy (non-hydrogen) atoms. The molecule has 0 bridgehead atoms. The van der Waals surface area contributed by atoms with Gasteiger partial charge in [0.1, 0.15) is 0 Å². The molecule has 8 heteroatoms. The van der Waals surface area contributed by atoms with E-state index in [0.717, 1.165) is 18.7 Å². The summed E-state index contributed by atoms with van der Waals surface area (Å²) >= 11 is 0. The van der Waals surface area contributed by atoms with Crippen molar-refractivity contribution in [2.24, 2.45) is 0 Å². The lowest BCUT2D eigenvalue weighted by Gasteiger charge is -2.17. The second-order valence-corrected chi connectivity index (χ2v) is 6.72. The number of aromatic nitrogens is 4. The SMILES string of the molecule is O=C(CCc1nc(-c2ncccn2)no1)NCc1ccc(N2CCCC2)cc1. The third-order valence-corrected chi connectivity index (χ3v) is 4.70. The second kappa shape index (κ2) is 8.60. The van der Waals surface area contributed by atoms with Gasteiger partial charge in [0.25, 0.3) is 0 Å². The standard InChI is InChI=1S/C20H22N6O2/c27-17(8-9-18-24-20(25-28-18)19-21-10-3-11-22-19)23-14-15-4-6-16(7-5-15)26-12-1-2-13-26/h3-7,10-11H,1-2,8-9,12-14H2,(H,23,27). The highest BCUT2D eigenvalue weighted by Gasteiger charge is 2.13. The van der Waals surface area contributed by atoms with E-state index in [9.17, 15) is 4.79 Å². The summed E-state index contributed by atoms with van der Waals surface area (Å²) in [5.74, 6) is 1.07. The molecule has 1 amide bonds. The average Bonchev–Trinajstić information content (AvgIpc) is 3.44. The van der Waals surface area contributed by atoms with Gasteiger partial charge < -0.3 is 14.7 Å². The Bertz CT molecular complexity index is 904. The molecule has 0 atom stereocenters. The minimum absolute atomic E-state index is 0.0562. The normalized spacial score (nSPS) is 13.6. The molecule has 1 fully saturated rings. The maximum absolute atomic E-state index is 12.1. The quantitative estimate of drug-likeness (QED) is 0.674. The van der Waals surface area contributed by atoms with Crippen LogP contribution in [0.1, 0.15) is 30.7 Å². The summed E-state index contributed by atoms with van der Waals surface area (Å²) in [6, 6.07) is 10.1. The molecule has 1 aliphatic heterocycles. The van der Waals surface area contributed by atoms with Gasteiger partial charge in [-0.1, -0.05) is 17.3 Å². The molecule has 1 N–H and O–H groups in total. The number of aryl methyl sites for hydroxylation is 1. The molecule has 4 rings (SSSR count). The van der Waals surface area contributed by atoms with E-state index < -0.39 is 0 Å². The third kappa shape index (κ3) is 4.51. The number of nitrogens with one attached hydrogen (secondary N) is 1. The molecule has 0 aliphatic carbocycles. The highest BCUT2D eigenvalue weighted by Crippen LogP contribution is 2.20. The van der Waals surface area contributed by atoms with E-state index >= 15 is 0 Å². The summed E-state index contributed by atoms with van der Waals surface area (Å²) in [6.07, 6.45) is 6.41. The molecule has 3 aromatic rings. The van der Waals surface area contributed by atoms with Crippen molar-refractivity contribution in [3.8, 4) is 11.6 Å². The van der Waals surface area contributed by atoms with Crippen LogP contribution in [0, 0.1) is 0 Å². The Morgan fingerprint density at radius 1 is 1.07 bits per heavy atom. The number of rotatable bonds is 7. The third-order valence-electron chi connectivity index (χ3n) is 4.70. The van der Waals surface area contributed by atoms with Crippen molar-refractivity contribution in [1.29, 1.82) is 0 Å². The lowest BCUT2D eigenvalue weighted by atomic mass is 10.2. The summed E-state index contributed by atoms with van der Waals surface area (Å²) in [6.45, 7) is 2.76. The zero-order chi connectivity index (χ0) is 19.2. The van der Waals surface area contributed by atoms with Crippen LogP contribution in [-0.4, -0.2) is 39.1 Å². The van der Waals surface area contributed by atoms with Crippen LogP contribution >= 0.6 is 0 Å². The van der Waals surface area contributed by atoms with Gasteiger partial charge >= 0.3 is 0 Å². The number of amides is 1. The van der Waals surface area contributed by atoms with Crippen molar-refractivity contribution in [2.75, 3.05) is 18.0 Å². The van der Waals surface area contributed by atoms with Crippen molar-refractivity contribution >= 4 is 11.6 Å². The van der Waals surface area contributed by atoms with Gasteiger partial charge in [-0.25, -0.2) is 9.97 Å². The van der Waals surface area contributed by atoms with E-state index in [1.54, 1.807) is 18.5 Å². The first-order valence-electron chi connectivity index (χ1n) is 9.48. The largest absolute Gasteiger partial charge is 0.372 e. The van der Waals surface area contributed by atoms with Gasteiger partial charge in [-0.3, -0.25) is 4.79 Å². The fourth-order valence-electron chi connectivity index (χ4n) is 3.17. The second-order valence-electron chi connectivity index (χ2n) is 6.72. The maximum Gasteiger partial charge on any atom is 0.240 e. The Hall–Kier alpha value is -3.29. The Morgan fingerprint density at radius 3 is 2.57 bits per heavy atom. The van der Waals surface area contributed by atoms with Crippen LogP contribution in [0.4, 0.5) is 5.69 Å². The lowest BCUT2D eigenvalue weighted by Crippen LogP contribution is -2.23. The Labute approximate surface area is 163 Å². The monoisotopic (exact) mass is 378 g/mol. The molecule has 0 saturated carbocycles. The van der Waals surface area contributed by atoms with E-state index in [2.05, 4.69) is 54.6 Å². The summed E-state index contributed by atoms with van der Waals surface area (Å²) in [5.41, 5.74) is 2.33. The predicted octanol–water partition coefficient (Wildman–Crippen LogP) is 2.38. The van der Waals surface area contributed by atoms with E-state index in [1.807, 2.05) is 0 Å². The lowest BCUT2D eigenvalue weighted by molar-refractivity contribution is -0.121. The maximum atomic E-state index is 12.1. The number of hydrogen-bond donors (Lipinski definition) is 1. The van der Waals surface area contributed by atoms with Gasteiger partial charge in [0.05, 0.1) is 0 Å². The van der Waals surface area contributed by atoms with Crippen LogP contribution in [0.15, 0.2) is 47.2 Å². The summed E-state index contributed by atoms with van der Waals surface area (Å²) in [7, 11) is 0. The molecular weight excluding hydrogens is 356 g/mol. The minimum atomic E-state index is -0.0562. The van der Waals surface area contributed by atoms with Crippen molar-refractivity contribution in [3.63, 3.8) is 0 Å². The molecular formula is C20H22N6O2. The zero-order valence-electron chi connectivity index (χ0n) is 15.5. The molecule has 8 nitrogen and oxygen atoms in total.